The highest BCUT2D eigenvalue weighted by Gasteiger charge is 2.37. The van der Waals surface area contributed by atoms with Crippen LogP contribution >= 0.6 is 0 Å². The first-order valence-corrected chi connectivity index (χ1v) is 10.5. The molecule has 3 rings (SSSR count). The van der Waals surface area contributed by atoms with E-state index in [2.05, 4.69) is 0 Å². The van der Waals surface area contributed by atoms with Crippen LogP contribution in [0, 0.1) is 13.8 Å². The number of halogens is 3. The van der Waals surface area contributed by atoms with Gasteiger partial charge in [-0.25, -0.2) is 9.59 Å². The maximum atomic E-state index is 13.0. The minimum atomic E-state index is -4.43. The highest BCUT2D eigenvalue weighted by molar-refractivity contribution is 5.95. The molecule has 1 aliphatic heterocycles. The highest BCUT2D eigenvalue weighted by Crippen LogP contribution is 2.33. The molecule has 9 heteroatoms. The average Bonchev–Trinajstić information content (AvgIpc) is 2.97. The Morgan fingerprint density at radius 1 is 1.12 bits per heavy atom. The fourth-order valence-electron chi connectivity index (χ4n) is 3.94. The zero-order valence-electron chi connectivity index (χ0n) is 19.2. The van der Waals surface area contributed by atoms with Crippen molar-refractivity contribution < 1.29 is 32.6 Å². The van der Waals surface area contributed by atoms with Gasteiger partial charge in [0.1, 0.15) is 5.75 Å². The summed E-state index contributed by atoms with van der Waals surface area (Å²) in [5.74, 6) is -0.593. The number of amides is 2. The van der Waals surface area contributed by atoms with E-state index in [1.165, 1.54) is 30.9 Å². The molecule has 2 aromatic rings. The molecule has 178 valence electrons. The van der Waals surface area contributed by atoms with Gasteiger partial charge < -0.3 is 14.7 Å². The van der Waals surface area contributed by atoms with Crippen LogP contribution in [-0.4, -0.2) is 40.2 Å². The summed E-state index contributed by atoms with van der Waals surface area (Å²) in [6.07, 6.45) is -4.43. The predicted octanol–water partition coefficient (Wildman–Crippen LogP) is 5.39. The van der Waals surface area contributed by atoms with Crippen LogP contribution in [0.25, 0.3) is 0 Å². The lowest BCUT2D eigenvalue weighted by Crippen LogP contribution is -2.38. The van der Waals surface area contributed by atoms with Gasteiger partial charge in [0.15, 0.2) is 5.60 Å². The van der Waals surface area contributed by atoms with Crippen molar-refractivity contribution in [1.29, 1.82) is 0 Å². The second-order valence-electron chi connectivity index (χ2n) is 8.90. The minimum Gasteiger partial charge on any atom is -0.478 e. The van der Waals surface area contributed by atoms with Crippen molar-refractivity contribution in [3.63, 3.8) is 0 Å². The third kappa shape index (κ3) is 5.07. The number of aryl methyl sites for hydroxylation is 2. The Bertz CT molecular complexity index is 1040. The molecule has 2 aromatic carbocycles. The van der Waals surface area contributed by atoms with Crippen LogP contribution in [0.2, 0.25) is 0 Å². The lowest BCUT2D eigenvalue weighted by molar-refractivity contribution is -0.152. The second-order valence-corrected chi connectivity index (χ2v) is 8.90. The molecule has 1 unspecified atom stereocenters. The van der Waals surface area contributed by atoms with Crippen LogP contribution in [-0.2, 0) is 17.5 Å². The topological polar surface area (TPSA) is 70.1 Å². The first-order chi connectivity index (χ1) is 15.2. The number of alkyl halides is 3. The SMILES string of the molecule is Cc1cc(CN2CC(C)N(c3ccc(C(F)(F)F)cc3)C2=O)cc(C)c1OC(C)(C)C(=O)O. The summed E-state index contributed by atoms with van der Waals surface area (Å²) < 4.78 is 44.3. The summed E-state index contributed by atoms with van der Waals surface area (Å²) in [4.78, 5) is 27.6. The first-order valence-electron chi connectivity index (χ1n) is 10.5. The number of carboxylic acid groups (broad SMARTS) is 1. The van der Waals surface area contributed by atoms with E-state index >= 15 is 0 Å². The smallest absolute Gasteiger partial charge is 0.416 e. The van der Waals surface area contributed by atoms with Gasteiger partial charge in [-0.05, 0) is 75.6 Å². The van der Waals surface area contributed by atoms with Crippen LogP contribution in [0.4, 0.5) is 23.7 Å². The Hall–Kier alpha value is -3.23. The number of carbonyl (C=O) groups is 2. The van der Waals surface area contributed by atoms with E-state index in [1.807, 2.05) is 32.9 Å². The number of aliphatic carboxylic acids is 1. The number of benzene rings is 2. The van der Waals surface area contributed by atoms with Crippen molar-refractivity contribution in [3.8, 4) is 5.75 Å². The van der Waals surface area contributed by atoms with Crippen molar-refractivity contribution >= 4 is 17.7 Å². The Kier molecular flexibility index (Phi) is 6.37. The average molecular weight is 464 g/mol. The monoisotopic (exact) mass is 464 g/mol. The standard InChI is InChI=1S/C24H27F3N2O4/c1-14-10-17(11-15(2)20(14)33-23(4,5)21(30)31)13-28-12-16(3)29(22(28)32)19-8-6-18(7-9-19)24(25,26)27/h6-11,16H,12-13H2,1-5H3,(H,30,31). The molecular formula is C24H27F3N2O4. The van der Waals surface area contributed by atoms with Crippen LogP contribution in [0.15, 0.2) is 36.4 Å². The zero-order valence-corrected chi connectivity index (χ0v) is 19.2. The van der Waals surface area contributed by atoms with Gasteiger partial charge in [0.25, 0.3) is 0 Å². The number of hydrogen-bond acceptors (Lipinski definition) is 3. The molecule has 1 saturated heterocycles. The summed E-state index contributed by atoms with van der Waals surface area (Å²) in [5, 5.41) is 9.33. The Morgan fingerprint density at radius 2 is 1.67 bits per heavy atom. The number of carboxylic acids is 1. The minimum absolute atomic E-state index is 0.213. The molecule has 0 radical (unpaired) electrons. The Labute approximate surface area is 190 Å². The van der Waals surface area contributed by atoms with Crippen LogP contribution < -0.4 is 9.64 Å². The largest absolute Gasteiger partial charge is 0.478 e. The number of nitrogens with zero attached hydrogens (tertiary/aromatic N) is 2. The Balaban J connectivity index is 1.78. The van der Waals surface area contributed by atoms with E-state index in [4.69, 9.17) is 4.74 Å². The molecule has 1 N–H and O–H groups in total. The third-order valence-corrected chi connectivity index (χ3v) is 5.64. The van der Waals surface area contributed by atoms with E-state index in [9.17, 15) is 27.9 Å². The molecule has 1 aliphatic rings. The molecule has 33 heavy (non-hydrogen) atoms. The summed E-state index contributed by atoms with van der Waals surface area (Å²) >= 11 is 0. The van der Waals surface area contributed by atoms with Crippen molar-refractivity contribution in [3.05, 3.63) is 58.7 Å². The van der Waals surface area contributed by atoms with Gasteiger partial charge in [0.05, 0.1) is 11.6 Å². The van der Waals surface area contributed by atoms with Crippen molar-refractivity contribution in [2.45, 2.75) is 59.0 Å². The van der Waals surface area contributed by atoms with Gasteiger partial charge in [-0.2, -0.15) is 13.2 Å². The maximum absolute atomic E-state index is 13.0. The second kappa shape index (κ2) is 8.61. The molecule has 2 amide bonds. The molecule has 0 aromatic heterocycles. The fourth-order valence-corrected chi connectivity index (χ4v) is 3.94. The lowest BCUT2D eigenvalue weighted by atomic mass is 10.0. The Morgan fingerprint density at radius 3 is 2.15 bits per heavy atom. The van der Waals surface area contributed by atoms with E-state index in [-0.39, 0.29) is 12.1 Å². The van der Waals surface area contributed by atoms with Gasteiger partial charge in [-0.15, -0.1) is 0 Å². The first kappa shape index (κ1) is 24.4. The molecule has 6 nitrogen and oxygen atoms in total. The molecule has 1 fully saturated rings. The number of anilines is 1. The number of carbonyl (C=O) groups excluding carboxylic acids is 1. The normalized spacial score (nSPS) is 17.0. The molecule has 0 aliphatic carbocycles. The number of urea groups is 1. The quantitative estimate of drug-likeness (QED) is 0.622. The van der Waals surface area contributed by atoms with E-state index in [0.717, 1.165) is 28.8 Å². The summed E-state index contributed by atoms with van der Waals surface area (Å²) in [6, 6.07) is 7.76. The number of hydrogen-bond donors (Lipinski definition) is 1. The summed E-state index contributed by atoms with van der Waals surface area (Å²) in [7, 11) is 0. The number of ether oxygens (including phenoxy) is 1. The predicted molar refractivity (Wildman–Crippen MR) is 117 cm³/mol. The van der Waals surface area contributed by atoms with Gasteiger partial charge in [-0.1, -0.05) is 12.1 Å². The van der Waals surface area contributed by atoms with E-state index < -0.39 is 23.3 Å². The van der Waals surface area contributed by atoms with E-state index in [0.29, 0.717) is 24.5 Å². The molecule has 1 heterocycles. The lowest BCUT2D eigenvalue weighted by Gasteiger charge is -2.25. The van der Waals surface area contributed by atoms with Crippen molar-refractivity contribution in [2.75, 3.05) is 11.4 Å². The molecule has 0 saturated carbocycles. The van der Waals surface area contributed by atoms with Gasteiger partial charge in [0, 0.05) is 18.8 Å². The zero-order chi connectivity index (χ0) is 24.7. The molecule has 0 spiro atoms. The summed E-state index contributed by atoms with van der Waals surface area (Å²) in [6.45, 7) is 9.15. The van der Waals surface area contributed by atoms with Crippen molar-refractivity contribution in [1.82, 2.24) is 4.90 Å². The van der Waals surface area contributed by atoms with Crippen molar-refractivity contribution in [2.24, 2.45) is 0 Å². The number of rotatable bonds is 6. The van der Waals surface area contributed by atoms with Crippen LogP contribution in [0.3, 0.4) is 0 Å². The van der Waals surface area contributed by atoms with Crippen LogP contribution in [0.5, 0.6) is 5.75 Å². The highest BCUT2D eigenvalue weighted by atomic mass is 19.4. The third-order valence-electron chi connectivity index (χ3n) is 5.64. The molecule has 1 atom stereocenters. The fraction of sp³-hybridized carbons (Fsp3) is 0.417. The molecule has 0 bridgehead atoms. The van der Waals surface area contributed by atoms with E-state index in [1.54, 1.807) is 4.90 Å². The molecular weight excluding hydrogens is 437 g/mol. The van der Waals surface area contributed by atoms with Gasteiger partial charge in [0.2, 0.25) is 0 Å². The van der Waals surface area contributed by atoms with Gasteiger partial charge >= 0.3 is 18.2 Å². The maximum Gasteiger partial charge on any atom is 0.416 e. The van der Waals surface area contributed by atoms with Crippen LogP contribution in [0.1, 0.15) is 43.0 Å². The van der Waals surface area contributed by atoms with Gasteiger partial charge in [-0.3, -0.25) is 4.90 Å². The summed E-state index contributed by atoms with van der Waals surface area (Å²) in [5.41, 5.74) is 0.605.